The highest BCUT2D eigenvalue weighted by atomic mass is 35.5. The van der Waals surface area contributed by atoms with Crippen LogP contribution in [0.3, 0.4) is 0 Å². The molecule has 0 saturated carbocycles. The van der Waals surface area contributed by atoms with E-state index in [1.54, 1.807) is 6.20 Å². The van der Waals surface area contributed by atoms with Crippen molar-refractivity contribution in [2.75, 3.05) is 6.54 Å². The van der Waals surface area contributed by atoms with Gasteiger partial charge in [-0.2, -0.15) is 4.98 Å². The number of aromatic amines is 1. The molecule has 0 saturated heterocycles. The first kappa shape index (κ1) is 12.7. The molecule has 0 amide bonds. The van der Waals surface area contributed by atoms with Gasteiger partial charge < -0.3 is 4.98 Å². The SMILES string of the molecule is [N-]=[N+]=NCCC=Cc1c[nH]c2nc(Cl)nc(Cl)c12. The highest BCUT2D eigenvalue weighted by Gasteiger charge is 2.09. The maximum absolute atomic E-state index is 8.14. The molecule has 0 radical (unpaired) electrons. The molecule has 0 aliphatic heterocycles. The Labute approximate surface area is 112 Å². The number of rotatable bonds is 4. The molecule has 2 aromatic rings. The van der Waals surface area contributed by atoms with E-state index in [1.807, 2.05) is 12.2 Å². The minimum absolute atomic E-state index is 0.105. The van der Waals surface area contributed by atoms with Crippen molar-refractivity contribution >= 4 is 40.3 Å². The van der Waals surface area contributed by atoms with Crippen molar-refractivity contribution < 1.29 is 0 Å². The lowest BCUT2D eigenvalue weighted by Crippen LogP contribution is -1.85. The predicted molar refractivity (Wildman–Crippen MR) is 71.6 cm³/mol. The van der Waals surface area contributed by atoms with Crippen molar-refractivity contribution in [1.82, 2.24) is 15.0 Å². The monoisotopic (exact) mass is 282 g/mol. The summed E-state index contributed by atoms with van der Waals surface area (Å²) in [6.07, 6.45) is 6.19. The molecule has 92 valence electrons. The van der Waals surface area contributed by atoms with Crippen LogP contribution in [0.5, 0.6) is 0 Å². The number of nitrogens with one attached hydrogen (secondary N) is 1. The molecule has 2 heterocycles. The van der Waals surface area contributed by atoms with Gasteiger partial charge in [-0.05, 0) is 23.6 Å². The quantitative estimate of drug-likeness (QED) is 0.229. The van der Waals surface area contributed by atoms with Crippen molar-refractivity contribution in [3.05, 3.63) is 38.7 Å². The van der Waals surface area contributed by atoms with E-state index in [1.165, 1.54) is 0 Å². The Morgan fingerprint density at radius 3 is 3.06 bits per heavy atom. The van der Waals surface area contributed by atoms with Crippen molar-refractivity contribution in [2.45, 2.75) is 6.42 Å². The summed E-state index contributed by atoms with van der Waals surface area (Å²) in [7, 11) is 0. The first-order valence-electron chi connectivity index (χ1n) is 5.10. The Bertz CT molecular complexity index is 641. The molecular weight excluding hydrogens is 275 g/mol. The zero-order chi connectivity index (χ0) is 13.0. The first-order valence-corrected chi connectivity index (χ1v) is 5.85. The summed E-state index contributed by atoms with van der Waals surface area (Å²) in [6, 6.07) is 0. The highest BCUT2D eigenvalue weighted by molar-refractivity contribution is 6.36. The molecule has 0 aromatic carbocycles. The van der Waals surface area contributed by atoms with Crippen LogP contribution in [0.4, 0.5) is 0 Å². The first-order chi connectivity index (χ1) is 8.72. The van der Waals surface area contributed by atoms with Gasteiger partial charge in [0.05, 0.1) is 5.39 Å². The Morgan fingerprint density at radius 1 is 1.44 bits per heavy atom. The number of fused-ring (bicyclic) bond motifs is 1. The van der Waals surface area contributed by atoms with Crippen LogP contribution in [-0.2, 0) is 0 Å². The van der Waals surface area contributed by atoms with E-state index < -0.39 is 0 Å². The molecule has 0 aliphatic rings. The standard InChI is InChI=1S/C10H8Cl2N6/c11-8-7-6(3-1-2-4-15-18-13)5-14-9(7)17-10(12)16-8/h1,3,5H,2,4H2,(H,14,16,17). The average molecular weight is 283 g/mol. The van der Waals surface area contributed by atoms with Crippen LogP contribution in [0.1, 0.15) is 12.0 Å². The summed E-state index contributed by atoms with van der Waals surface area (Å²) in [5.41, 5.74) is 9.60. The number of nitrogens with zero attached hydrogens (tertiary/aromatic N) is 5. The van der Waals surface area contributed by atoms with Gasteiger partial charge in [-0.15, -0.1) is 0 Å². The van der Waals surface area contributed by atoms with Gasteiger partial charge in [-0.25, -0.2) is 4.98 Å². The summed E-state index contributed by atoms with van der Waals surface area (Å²) in [6.45, 7) is 0.422. The van der Waals surface area contributed by atoms with Gasteiger partial charge in [0.1, 0.15) is 10.8 Å². The van der Waals surface area contributed by atoms with E-state index in [4.69, 9.17) is 28.7 Å². The fourth-order valence-electron chi connectivity index (χ4n) is 1.51. The van der Waals surface area contributed by atoms with Crippen molar-refractivity contribution in [2.24, 2.45) is 5.11 Å². The normalized spacial score (nSPS) is 11.0. The molecular formula is C10H8Cl2N6. The van der Waals surface area contributed by atoms with Crippen molar-refractivity contribution in [3.8, 4) is 0 Å². The Hall–Kier alpha value is -1.75. The van der Waals surface area contributed by atoms with Crippen LogP contribution in [0.25, 0.3) is 27.6 Å². The third-order valence-electron chi connectivity index (χ3n) is 2.25. The van der Waals surface area contributed by atoms with E-state index in [-0.39, 0.29) is 5.28 Å². The second-order valence-corrected chi connectivity index (χ2v) is 4.09. The molecule has 2 aromatic heterocycles. The predicted octanol–water partition coefficient (Wildman–Crippen LogP) is 3.98. The molecule has 2 rings (SSSR count). The smallest absolute Gasteiger partial charge is 0.225 e. The van der Waals surface area contributed by atoms with Gasteiger partial charge >= 0.3 is 0 Å². The van der Waals surface area contributed by atoms with E-state index in [9.17, 15) is 0 Å². The fraction of sp³-hybridized carbons (Fsp3) is 0.200. The maximum Gasteiger partial charge on any atom is 0.225 e. The zero-order valence-corrected chi connectivity index (χ0v) is 10.7. The number of aromatic nitrogens is 3. The van der Waals surface area contributed by atoms with Gasteiger partial charge in [0.2, 0.25) is 5.28 Å². The Morgan fingerprint density at radius 2 is 2.28 bits per heavy atom. The molecule has 0 unspecified atom stereocenters. The van der Waals surface area contributed by atoms with E-state index in [0.717, 1.165) is 10.9 Å². The van der Waals surface area contributed by atoms with Crippen molar-refractivity contribution in [3.63, 3.8) is 0 Å². The number of hydrogen-bond donors (Lipinski definition) is 1. The molecule has 0 atom stereocenters. The number of halogens is 2. The van der Waals surface area contributed by atoms with Crippen LogP contribution >= 0.6 is 23.2 Å². The summed E-state index contributed by atoms with van der Waals surface area (Å²) in [5, 5.41) is 4.57. The van der Waals surface area contributed by atoms with Crippen molar-refractivity contribution in [1.29, 1.82) is 0 Å². The lowest BCUT2D eigenvalue weighted by atomic mass is 10.2. The van der Waals surface area contributed by atoms with Gasteiger partial charge in [-0.3, -0.25) is 0 Å². The highest BCUT2D eigenvalue weighted by Crippen LogP contribution is 2.26. The molecule has 1 N–H and O–H groups in total. The summed E-state index contributed by atoms with van der Waals surface area (Å²) in [5.74, 6) is 0. The van der Waals surface area contributed by atoms with Crippen LogP contribution in [0.2, 0.25) is 10.4 Å². The zero-order valence-electron chi connectivity index (χ0n) is 9.14. The molecule has 18 heavy (non-hydrogen) atoms. The topological polar surface area (TPSA) is 90.3 Å². The van der Waals surface area contributed by atoms with E-state index in [2.05, 4.69) is 25.0 Å². The second-order valence-electron chi connectivity index (χ2n) is 3.40. The molecule has 0 fully saturated rings. The van der Waals surface area contributed by atoms with Gasteiger partial charge in [0, 0.05) is 23.2 Å². The van der Waals surface area contributed by atoms with Gasteiger partial charge in [-0.1, -0.05) is 28.9 Å². The van der Waals surface area contributed by atoms with Gasteiger partial charge in [0.15, 0.2) is 0 Å². The third kappa shape index (κ3) is 2.73. The minimum Gasteiger partial charge on any atom is -0.345 e. The lowest BCUT2D eigenvalue weighted by molar-refractivity contribution is 0.996. The molecule has 6 nitrogen and oxygen atoms in total. The van der Waals surface area contributed by atoms with Crippen LogP contribution < -0.4 is 0 Å². The van der Waals surface area contributed by atoms with Crippen LogP contribution in [-0.4, -0.2) is 21.5 Å². The summed E-state index contributed by atoms with van der Waals surface area (Å²) in [4.78, 5) is 13.6. The van der Waals surface area contributed by atoms with Crippen LogP contribution in [0, 0.1) is 0 Å². The minimum atomic E-state index is 0.105. The Balaban J connectivity index is 2.26. The average Bonchev–Trinajstić information content (AvgIpc) is 2.72. The van der Waals surface area contributed by atoms with E-state index >= 15 is 0 Å². The number of hydrogen-bond acceptors (Lipinski definition) is 3. The fourth-order valence-corrected chi connectivity index (χ4v) is 2.00. The third-order valence-corrected chi connectivity index (χ3v) is 2.69. The lowest BCUT2D eigenvalue weighted by Gasteiger charge is -1.95. The largest absolute Gasteiger partial charge is 0.345 e. The number of azide groups is 1. The van der Waals surface area contributed by atoms with E-state index in [0.29, 0.717) is 23.8 Å². The molecule has 8 heteroatoms. The summed E-state index contributed by atoms with van der Waals surface area (Å²) >= 11 is 11.7. The second kappa shape index (κ2) is 5.73. The summed E-state index contributed by atoms with van der Waals surface area (Å²) < 4.78 is 0. The molecule has 0 bridgehead atoms. The van der Waals surface area contributed by atoms with Gasteiger partial charge in [0.25, 0.3) is 0 Å². The maximum atomic E-state index is 8.14. The number of H-pyrrole nitrogens is 1. The molecule has 0 aliphatic carbocycles. The molecule has 0 spiro atoms. The Kier molecular flexibility index (Phi) is 4.04. The van der Waals surface area contributed by atoms with Crippen LogP contribution in [0.15, 0.2) is 17.4 Å².